The number of hydrogen-bond acceptors (Lipinski definition) is 7. The fraction of sp³-hybridized carbons (Fsp3) is 0.364. The van der Waals surface area contributed by atoms with E-state index in [1.165, 1.54) is 12.1 Å². The summed E-state index contributed by atoms with van der Waals surface area (Å²) >= 11 is 0. The average molecular weight is 421 g/mol. The Morgan fingerprint density at radius 3 is 2.32 bits per heavy atom. The van der Waals surface area contributed by atoms with Gasteiger partial charge in [0.25, 0.3) is 11.6 Å². The maximum Gasteiger partial charge on any atom is 0.270 e. The minimum Gasteiger partial charge on any atom is -0.378 e. The van der Waals surface area contributed by atoms with E-state index in [9.17, 15) is 20.2 Å². The smallest absolute Gasteiger partial charge is 0.270 e. The number of hydrogen-bond donors (Lipinski definition) is 0. The first kappa shape index (κ1) is 20.6. The maximum absolute atomic E-state index is 13.4. The molecule has 2 aromatic rings. The van der Waals surface area contributed by atoms with E-state index in [0.717, 1.165) is 5.69 Å². The van der Waals surface area contributed by atoms with Crippen molar-refractivity contribution in [3.8, 4) is 6.07 Å². The molecule has 0 radical (unpaired) electrons. The molecule has 1 amide bonds. The van der Waals surface area contributed by atoms with Crippen molar-refractivity contribution in [2.24, 2.45) is 0 Å². The number of anilines is 2. The van der Waals surface area contributed by atoms with Crippen LogP contribution in [-0.4, -0.2) is 68.2 Å². The molecule has 0 aromatic heterocycles. The molecule has 0 spiro atoms. The summed E-state index contributed by atoms with van der Waals surface area (Å²) in [4.78, 5) is 30.1. The first-order chi connectivity index (χ1) is 15.1. The van der Waals surface area contributed by atoms with E-state index in [4.69, 9.17) is 4.74 Å². The Morgan fingerprint density at radius 1 is 0.968 bits per heavy atom. The fourth-order valence-electron chi connectivity index (χ4n) is 4.05. The van der Waals surface area contributed by atoms with Gasteiger partial charge in [0.1, 0.15) is 6.07 Å². The van der Waals surface area contributed by atoms with Crippen molar-refractivity contribution >= 4 is 23.0 Å². The molecule has 2 saturated heterocycles. The second-order valence-corrected chi connectivity index (χ2v) is 7.47. The molecule has 9 nitrogen and oxygen atoms in total. The van der Waals surface area contributed by atoms with Crippen LogP contribution in [0.4, 0.5) is 17.1 Å². The lowest BCUT2D eigenvalue weighted by molar-refractivity contribution is -0.384. The number of rotatable bonds is 4. The summed E-state index contributed by atoms with van der Waals surface area (Å²) in [6.07, 6.45) is 0. The third-order valence-corrected chi connectivity index (χ3v) is 5.71. The third-order valence-electron chi connectivity index (χ3n) is 5.71. The summed E-state index contributed by atoms with van der Waals surface area (Å²) in [6.45, 7) is 4.52. The number of carbonyl (C=O) groups is 1. The molecule has 160 valence electrons. The molecule has 0 bridgehead atoms. The van der Waals surface area contributed by atoms with E-state index in [0.29, 0.717) is 69.3 Å². The summed E-state index contributed by atoms with van der Waals surface area (Å²) in [5, 5.41) is 20.7. The van der Waals surface area contributed by atoms with Crippen LogP contribution in [0, 0.1) is 21.4 Å². The standard InChI is InChI=1S/C22H23N5O4/c23-16-17-3-1-2-4-20(17)24-7-9-26(10-8-24)22(28)19-15-18(27(29)30)5-6-21(19)25-11-13-31-14-12-25/h1-6,15H,7-14H2. The van der Waals surface area contributed by atoms with Crippen LogP contribution in [0.15, 0.2) is 42.5 Å². The number of nitrogens with zero attached hydrogens (tertiary/aromatic N) is 5. The monoisotopic (exact) mass is 421 g/mol. The van der Waals surface area contributed by atoms with Gasteiger partial charge >= 0.3 is 0 Å². The molecule has 31 heavy (non-hydrogen) atoms. The molecule has 0 N–H and O–H groups in total. The average Bonchev–Trinajstić information content (AvgIpc) is 2.83. The van der Waals surface area contributed by atoms with Crippen LogP contribution in [0.2, 0.25) is 0 Å². The van der Waals surface area contributed by atoms with E-state index < -0.39 is 4.92 Å². The highest BCUT2D eigenvalue weighted by atomic mass is 16.6. The number of morpholine rings is 1. The van der Waals surface area contributed by atoms with Gasteiger partial charge < -0.3 is 19.4 Å². The number of piperazine rings is 1. The Bertz CT molecular complexity index is 1020. The first-order valence-corrected chi connectivity index (χ1v) is 10.2. The van der Waals surface area contributed by atoms with E-state index in [2.05, 4.69) is 11.0 Å². The number of benzene rings is 2. The number of nitro benzene ring substituents is 1. The molecule has 0 aliphatic carbocycles. The zero-order valence-corrected chi connectivity index (χ0v) is 17.1. The molecule has 0 atom stereocenters. The highest BCUT2D eigenvalue weighted by molar-refractivity contribution is 6.00. The molecule has 2 fully saturated rings. The largest absolute Gasteiger partial charge is 0.378 e. The molecule has 2 aromatic carbocycles. The Kier molecular flexibility index (Phi) is 6.00. The van der Waals surface area contributed by atoms with Gasteiger partial charge in [-0.25, -0.2) is 0 Å². The fourth-order valence-corrected chi connectivity index (χ4v) is 4.05. The maximum atomic E-state index is 13.4. The SMILES string of the molecule is N#Cc1ccccc1N1CCN(C(=O)c2cc([N+](=O)[O-])ccc2N2CCOCC2)CC1. The lowest BCUT2D eigenvalue weighted by atomic mass is 10.1. The van der Waals surface area contributed by atoms with Crippen LogP contribution in [-0.2, 0) is 4.74 Å². The normalized spacial score (nSPS) is 16.7. The first-order valence-electron chi connectivity index (χ1n) is 10.2. The number of non-ortho nitro benzene ring substituents is 1. The van der Waals surface area contributed by atoms with Crippen LogP contribution < -0.4 is 9.80 Å². The number of nitriles is 1. The topological polar surface area (TPSA) is 103 Å². The van der Waals surface area contributed by atoms with E-state index in [1.54, 1.807) is 17.0 Å². The molecule has 2 aliphatic rings. The molecule has 2 heterocycles. The van der Waals surface area contributed by atoms with E-state index >= 15 is 0 Å². The second kappa shape index (κ2) is 9.02. The van der Waals surface area contributed by atoms with Crippen LogP contribution in [0.3, 0.4) is 0 Å². The zero-order chi connectivity index (χ0) is 21.8. The molecule has 0 saturated carbocycles. The van der Waals surface area contributed by atoms with Crippen molar-refractivity contribution in [1.29, 1.82) is 5.26 Å². The minimum atomic E-state index is -0.476. The predicted octanol–water partition coefficient (Wildman–Crippen LogP) is 2.27. The quantitative estimate of drug-likeness (QED) is 0.551. The summed E-state index contributed by atoms with van der Waals surface area (Å²) in [6, 6.07) is 14.1. The van der Waals surface area contributed by atoms with Gasteiger partial charge in [-0.15, -0.1) is 0 Å². The number of ether oxygens (including phenoxy) is 1. The van der Waals surface area contributed by atoms with Crippen molar-refractivity contribution in [3.63, 3.8) is 0 Å². The van der Waals surface area contributed by atoms with Crippen molar-refractivity contribution in [3.05, 3.63) is 63.7 Å². The van der Waals surface area contributed by atoms with Crippen molar-refractivity contribution in [1.82, 2.24) is 4.90 Å². The van der Waals surface area contributed by atoms with Gasteiger partial charge in [-0.3, -0.25) is 14.9 Å². The Labute approximate surface area is 180 Å². The number of carbonyl (C=O) groups excluding carboxylic acids is 1. The third kappa shape index (κ3) is 4.29. The van der Waals surface area contributed by atoms with Gasteiger partial charge in [0.05, 0.1) is 40.6 Å². The van der Waals surface area contributed by atoms with Crippen molar-refractivity contribution in [2.75, 3.05) is 62.3 Å². The summed E-state index contributed by atoms with van der Waals surface area (Å²) in [7, 11) is 0. The van der Waals surface area contributed by atoms with Gasteiger partial charge in [0, 0.05) is 51.4 Å². The van der Waals surface area contributed by atoms with Gasteiger partial charge in [0.2, 0.25) is 0 Å². The summed E-state index contributed by atoms with van der Waals surface area (Å²) < 4.78 is 5.40. The molecular weight excluding hydrogens is 398 g/mol. The van der Waals surface area contributed by atoms with Gasteiger partial charge in [-0.1, -0.05) is 12.1 Å². The Hall–Kier alpha value is -3.64. The molecule has 0 unspecified atom stereocenters. The zero-order valence-electron chi connectivity index (χ0n) is 17.1. The molecular formula is C22H23N5O4. The number of nitro groups is 1. The lowest BCUT2D eigenvalue weighted by Gasteiger charge is -2.37. The highest BCUT2D eigenvalue weighted by Crippen LogP contribution is 2.29. The highest BCUT2D eigenvalue weighted by Gasteiger charge is 2.28. The van der Waals surface area contributed by atoms with E-state index in [-0.39, 0.29) is 11.6 Å². The predicted molar refractivity (Wildman–Crippen MR) is 115 cm³/mol. The van der Waals surface area contributed by atoms with Crippen molar-refractivity contribution in [2.45, 2.75) is 0 Å². The summed E-state index contributed by atoms with van der Waals surface area (Å²) in [5.41, 5.74) is 2.43. The van der Waals surface area contributed by atoms with Gasteiger partial charge in [-0.05, 0) is 18.2 Å². The number of amides is 1. The van der Waals surface area contributed by atoms with Crippen LogP contribution in [0.25, 0.3) is 0 Å². The molecule has 4 rings (SSSR count). The van der Waals surface area contributed by atoms with E-state index in [1.807, 2.05) is 23.1 Å². The Balaban J connectivity index is 1.55. The van der Waals surface area contributed by atoms with Crippen LogP contribution in [0.1, 0.15) is 15.9 Å². The van der Waals surface area contributed by atoms with Crippen LogP contribution in [0.5, 0.6) is 0 Å². The number of para-hydroxylation sites is 1. The lowest BCUT2D eigenvalue weighted by Crippen LogP contribution is -2.49. The van der Waals surface area contributed by atoms with Gasteiger partial charge in [-0.2, -0.15) is 5.26 Å². The van der Waals surface area contributed by atoms with Gasteiger partial charge in [0.15, 0.2) is 0 Å². The van der Waals surface area contributed by atoms with Crippen molar-refractivity contribution < 1.29 is 14.5 Å². The molecule has 9 heteroatoms. The summed E-state index contributed by atoms with van der Waals surface area (Å²) in [5.74, 6) is -0.210. The second-order valence-electron chi connectivity index (χ2n) is 7.47. The minimum absolute atomic E-state index is 0.0954. The molecule has 2 aliphatic heterocycles. The Morgan fingerprint density at radius 2 is 1.65 bits per heavy atom. The van der Waals surface area contributed by atoms with Crippen LogP contribution >= 0.6 is 0 Å².